The van der Waals surface area contributed by atoms with E-state index in [0.717, 1.165) is 11.8 Å². The summed E-state index contributed by atoms with van der Waals surface area (Å²) in [7, 11) is 0. The van der Waals surface area contributed by atoms with Crippen LogP contribution in [-0.2, 0) is 0 Å². The van der Waals surface area contributed by atoms with Crippen molar-refractivity contribution in [3.63, 3.8) is 0 Å². The zero-order valence-electron chi connectivity index (χ0n) is 8.66. The predicted molar refractivity (Wildman–Crippen MR) is 61.2 cm³/mol. The second kappa shape index (κ2) is 6.60. The molecule has 0 aliphatic rings. The van der Waals surface area contributed by atoms with Crippen molar-refractivity contribution in [3.8, 4) is 0 Å². The highest BCUT2D eigenvalue weighted by molar-refractivity contribution is 7.99. The fourth-order valence-corrected chi connectivity index (χ4v) is 2.06. The number of carbonyl (C=O) groups is 1. The summed E-state index contributed by atoms with van der Waals surface area (Å²) < 4.78 is 24.2. The molecule has 0 fully saturated rings. The van der Waals surface area contributed by atoms with Crippen LogP contribution >= 0.6 is 11.8 Å². The molecular weight excluding hydrogens is 232 g/mol. The molecule has 0 aromatic heterocycles. The molecule has 1 aromatic rings. The van der Waals surface area contributed by atoms with Gasteiger partial charge in [-0.3, -0.25) is 4.79 Å². The van der Waals surface area contributed by atoms with Crippen molar-refractivity contribution in [1.82, 2.24) is 0 Å². The van der Waals surface area contributed by atoms with Crippen molar-refractivity contribution in [3.05, 3.63) is 29.8 Å². The number of nitrogens with two attached hydrogens (primary N) is 1. The lowest BCUT2D eigenvalue weighted by Gasteiger charge is -2.07. The molecule has 1 rings (SSSR count). The summed E-state index contributed by atoms with van der Waals surface area (Å²) in [5.74, 6) is -0.396. The minimum Gasteiger partial charge on any atom is -0.330 e. The highest BCUT2D eigenvalue weighted by Gasteiger charge is 2.12. The molecule has 5 heteroatoms. The van der Waals surface area contributed by atoms with Gasteiger partial charge in [0.1, 0.15) is 0 Å². The molecule has 0 saturated heterocycles. The molecule has 2 N–H and O–H groups in total. The number of hydrogen-bond donors (Lipinski definition) is 1. The van der Waals surface area contributed by atoms with E-state index < -0.39 is 6.43 Å². The molecule has 0 amide bonds. The van der Waals surface area contributed by atoms with Gasteiger partial charge in [0.15, 0.2) is 5.78 Å². The molecule has 0 bridgehead atoms. The largest absolute Gasteiger partial charge is 0.330 e. The predicted octanol–water partition coefficient (Wildman–Crippen LogP) is 2.58. The molecule has 0 atom stereocenters. The number of ketones is 1. The Balaban J connectivity index is 2.78. The Kier molecular flexibility index (Phi) is 5.42. The number of rotatable bonds is 6. The molecular formula is C11H13F2NOS. The maximum Gasteiger partial charge on any atom is 0.247 e. The molecule has 0 radical (unpaired) electrons. The summed E-state index contributed by atoms with van der Waals surface area (Å²) in [6.45, 7) is 0.271. The second-order valence-corrected chi connectivity index (χ2v) is 4.22. The smallest absolute Gasteiger partial charge is 0.247 e. The van der Waals surface area contributed by atoms with Gasteiger partial charge in [0.25, 0.3) is 0 Å². The van der Waals surface area contributed by atoms with Crippen molar-refractivity contribution in [2.75, 3.05) is 12.3 Å². The summed E-state index contributed by atoms with van der Waals surface area (Å²) in [4.78, 5) is 12.2. The molecule has 0 heterocycles. The van der Waals surface area contributed by atoms with Crippen LogP contribution in [-0.4, -0.2) is 24.5 Å². The SMILES string of the molecule is NCCC(=O)c1ccccc1SCC(F)F. The number of thioether (sulfide) groups is 1. The molecule has 1 aromatic carbocycles. The van der Waals surface area contributed by atoms with Crippen molar-refractivity contribution in [2.45, 2.75) is 17.7 Å². The van der Waals surface area contributed by atoms with Crippen molar-refractivity contribution < 1.29 is 13.6 Å². The van der Waals surface area contributed by atoms with Crippen LogP contribution in [0, 0.1) is 0 Å². The summed E-state index contributed by atoms with van der Waals surface area (Å²) in [5, 5.41) is 0. The lowest BCUT2D eigenvalue weighted by atomic mass is 10.1. The van der Waals surface area contributed by atoms with Crippen LogP contribution in [0.3, 0.4) is 0 Å². The van der Waals surface area contributed by atoms with Gasteiger partial charge in [0.05, 0.1) is 5.75 Å². The van der Waals surface area contributed by atoms with Gasteiger partial charge >= 0.3 is 0 Å². The van der Waals surface area contributed by atoms with Crippen LogP contribution in [0.1, 0.15) is 16.8 Å². The molecule has 16 heavy (non-hydrogen) atoms. The number of Topliss-reactive ketones (excluding diaryl/α,β-unsaturated/α-hetero) is 1. The zero-order chi connectivity index (χ0) is 12.0. The van der Waals surface area contributed by atoms with Gasteiger partial charge in [-0.1, -0.05) is 18.2 Å². The highest BCUT2D eigenvalue weighted by Crippen LogP contribution is 2.25. The van der Waals surface area contributed by atoms with E-state index in [1.165, 1.54) is 0 Å². The Morgan fingerprint density at radius 2 is 2.06 bits per heavy atom. The monoisotopic (exact) mass is 245 g/mol. The van der Waals surface area contributed by atoms with Gasteiger partial charge in [-0.05, 0) is 12.6 Å². The Bertz CT molecular complexity index is 358. The van der Waals surface area contributed by atoms with Crippen LogP contribution < -0.4 is 5.73 Å². The minimum absolute atomic E-state index is 0.0973. The first kappa shape index (κ1) is 13.1. The third-order valence-corrected chi connectivity index (χ3v) is 3.01. The summed E-state index contributed by atoms with van der Waals surface area (Å²) >= 11 is 0.998. The molecule has 0 spiro atoms. The number of hydrogen-bond acceptors (Lipinski definition) is 3. The molecule has 0 saturated carbocycles. The van der Waals surface area contributed by atoms with Crippen molar-refractivity contribution in [2.24, 2.45) is 5.73 Å². The van der Waals surface area contributed by atoms with Gasteiger partial charge in [0, 0.05) is 16.9 Å². The van der Waals surface area contributed by atoms with Gasteiger partial charge in [0.2, 0.25) is 6.43 Å². The van der Waals surface area contributed by atoms with E-state index in [1.807, 2.05) is 0 Å². The standard InChI is InChI=1S/C11H13F2NOS/c12-11(13)7-16-10-4-2-1-3-8(10)9(15)5-6-14/h1-4,11H,5-7,14H2. The van der Waals surface area contributed by atoms with Crippen LogP contribution in [0.15, 0.2) is 29.2 Å². The van der Waals surface area contributed by atoms with E-state index in [4.69, 9.17) is 5.73 Å². The lowest BCUT2D eigenvalue weighted by molar-refractivity contribution is 0.0982. The molecule has 0 aliphatic heterocycles. The van der Waals surface area contributed by atoms with Crippen molar-refractivity contribution in [1.29, 1.82) is 0 Å². The van der Waals surface area contributed by atoms with Crippen LogP contribution in [0.25, 0.3) is 0 Å². The first-order valence-electron chi connectivity index (χ1n) is 4.88. The van der Waals surface area contributed by atoms with E-state index in [2.05, 4.69) is 0 Å². The maximum absolute atomic E-state index is 12.1. The molecule has 0 unspecified atom stereocenters. The minimum atomic E-state index is -2.37. The third kappa shape index (κ3) is 3.90. The normalized spacial score (nSPS) is 10.8. The summed E-state index contributed by atoms with van der Waals surface area (Å²) in [6, 6.07) is 6.77. The van der Waals surface area contributed by atoms with Gasteiger partial charge in [-0.15, -0.1) is 11.8 Å². The van der Waals surface area contributed by atoms with Crippen LogP contribution in [0.5, 0.6) is 0 Å². The fraction of sp³-hybridized carbons (Fsp3) is 0.364. The topological polar surface area (TPSA) is 43.1 Å². The van der Waals surface area contributed by atoms with Crippen LogP contribution in [0.4, 0.5) is 8.78 Å². The van der Waals surface area contributed by atoms with E-state index in [1.54, 1.807) is 24.3 Å². The Labute approximate surface area is 97.2 Å². The van der Waals surface area contributed by atoms with Crippen LogP contribution in [0.2, 0.25) is 0 Å². The Hall–Kier alpha value is -0.940. The van der Waals surface area contributed by atoms with Gasteiger partial charge in [-0.25, -0.2) is 8.78 Å². The maximum atomic E-state index is 12.1. The van der Waals surface area contributed by atoms with E-state index >= 15 is 0 Å². The average Bonchev–Trinajstić information content (AvgIpc) is 2.27. The van der Waals surface area contributed by atoms with Gasteiger partial charge in [-0.2, -0.15) is 0 Å². The first-order chi connectivity index (χ1) is 7.65. The number of carbonyl (C=O) groups excluding carboxylic acids is 1. The summed E-state index contributed by atoms with van der Waals surface area (Å²) in [5.41, 5.74) is 5.78. The van der Waals surface area contributed by atoms with Gasteiger partial charge < -0.3 is 5.73 Å². The lowest BCUT2D eigenvalue weighted by Crippen LogP contribution is -2.09. The van der Waals surface area contributed by atoms with E-state index in [-0.39, 0.29) is 24.5 Å². The number of benzene rings is 1. The number of halogens is 2. The third-order valence-electron chi connectivity index (χ3n) is 1.92. The second-order valence-electron chi connectivity index (χ2n) is 3.16. The van der Waals surface area contributed by atoms with Crippen molar-refractivity contribution >= 4 is 17.5 Å². The summed E-state index contributed by atoms with van der Waals surface area (Å²) in [6.07, 6.45) is -2.13. The highest BCUT2D eigenvalue weighted by atomic mass is 32.2. The van der Waals surface area contributed by atoms with E-state index in [9.17, 15) is 13.6 Å². The first-order valence-corrected chi connectivity index (χ1v) is 5.87. The average molecular weight is 245 g/mol. The fourth-order valence-electron chi connectivity index (χ4n) is 1.24. The number of alkyl halides is 2. The zero-order valence-corrected chi connectivity index (χ0v) is 9.47. The Morgan fingerprint density at radius 1 is 1.38 bits per heavy atom. The quantitative estimate of drug-likeness (QED) is 0.618. The molecule has 88 valence electrons. The Morgan fingerprint density at radius 3 is 2.69 bits per heavy atom. The van der Waals surface area contributed by atoms with E-state index in [0.29, 0.717) is 10.5 Å². The molecule has 2 nitrogen and oxygen atoms in total. The molecule has 0 aliphatic carbocycles.